The largest absolute Gasteiger partial charge is 0.296 e. The van der Waals surface area contributed by atoms with Gasteiger partial charge in [-0.25, -0.2) is 9.97 Å². The Morgan fingerprint density at radius 1 is 1.00 bits per heavy atom. The van der Waals surface area contributed by atoms with Gasteiger partial charge in [-0.15, -0.1) is 0 Å². The molecule has 0 N–H and O–H groups in total. The monoisotopic (exact) mass is 336 g/mol. The molecule has 0 fully saturated rings. The first-order valence-electron chi connectivity index (χ1n) is 7.63. The van der Waals surface area contributed by atoms with E-state index in [2.05, 4.69) is 48.9 Å². The first-order chi connectivity index (χ1) is 11.8. The highest BCUT2D eigenvalue weighted by Gasteiger charge is 2.09. The number of aromatic nitrogens is 5. The lowest BCUT2D eigenvalue weighted by molar-refractivity contribution is 0.313. The summed E-state index contributed by atoms with van der Waals surface area (Å²) in [6.45, 7) is 1.65. The molecule has 3 heterocycles. The fraction of sp³-hybridized carbons (Fsp3) is 0.176. The van der Waals surface area contributed by atoms with Crippen molar-refractivity contribution >= 4 is 22.8 Å². The van der Waals surface area contributed by atoms with Crippen molar-refractivity contribution in [2.75, 3.05) is 7.05 Å². The van der Waals surface area contributed by atoms with E-state index in [4.69, 9.17) is 0 Å². The van der Waals surface area contributed by atoms with Crippen LogP contribution in [0.5, 0.6) is 0 Å². The van der Waals surface area contributed by atoms with Gasteiger partial charge in [0.1, 0.15) is 11.0 Å². The molecule has 0 saturated carbocycles. The van der Waals surface area contributed by atoms with Crippen LogP contribution in [0.25, 0.3) is 17.0 Å². The maximum Gasteiger partial charge on any atom is 0.233 e. The van der Waals surface area contributed by atoms with E-state index in [1.807, 2.05) is 29.0 Å². The fourth-order valence-corrected chi connectivity index (χ4v) is 3.24. The van der Waals surface area contributed by atoms with Gasteiger partial charge in [-0.3, -0.25) is 9.47 Å². The van der Waals surface area contributed by atoms with Gasteiger partial charge in [0.05, 0.1) is 11.7 Å². The summed E-state index contributed by atoms with van der Waals surface area (Å²) in [5.41, 5.74) is 4.31. The van der Waals surface area contributed by atoms with Crippen LogP contribution in [0.4, 0.5) is 0 Å². The van der Waals surface area contributed by atoms with Gasteiger partial charge in [0.2, 0.25) is 5.95 Å². The maximum absolute atomic E-state index is 4.32. The number of nitrogens with zero attached hydrogens (tertiary/aromatic N) is 6. The molecular weight excluding hydrogens is 320 g/mol. The molecule has 0 spiro atoms. The van der Waals surface area contributed by atoms with Crippen molar-refractivity contribution in [3.63, 3.8) is 0 Å². The molecule has 4 aromatic rings. The van der Waals surface area contributed by atoms with E-state index in [9.17, 15) is 0 Å². The third-order valence-corrected chi connectivity index (χ3v) is 4.36. The highest BCUT2D eigenvalue weighted by atomic mass is 32.1. The quantitative estimate of drug-likeness (QED) is 0.561. The van der Waals surface area contributed by atoms with Crippen molar-refractivity contribution in [3.8, 4) is 5.95 Å². The maximum atomic E-state index is 4.32. The lowest BCUT2D eigenvalue weighted by Crippen LogP contribution is -2.19. The minimum absolute atomic E-state index is 0.695. The Hall–Kier alpha value is -2.64. The summed E-state index contributed by atoms with van der Waals surface area (Å²) in [6.07, 6.45) is 5.51. The van der Waals surface area contributed by atoms with Crippen LogP contribution in [0.15, 0.2) is 55.0 Å². The second kappa shape index (κ2) is 6.46. The second-order valence-corrected chi connectivity index (χ2v) is 6.21. The van der Waals surface area contributed by atoms with E-state index in [0.717, 1.165) is 29.8 Å². The zero-order valence-electron chi connectivity index (χ0n) is 13.2. The Bertz CT molecular complexity index is 946. The third kappa shape index (κ3) is 3.04. The molecule has 6 nitrogen and oxygen atoms in total. The Labute approximate surface area is 143 Å². The molecule has 1 aromatic carbocycles. The summed E-state index contributed by atoms with van der Waals surface area (Å²) in [5, 5.41) is 0. The summed E-state index contributed by atoms with van der Waals surface area (Å²) in [4.78, 5) is 10.9. The van der Waals surface area contributed by atoms with Crippen LogP contribution in [-0.4, -0.2) is 35.2 Å². The minimum atomic E-state index is 0.695. The van der Waals surface area contributed by atoms with Crippen molar-refractivity contribution in [2.45, 2.75) is 13.1 Å². The Morgan fingerprint density at radius 2 is 1.83 bits per heavy atom. The highest BCUT2D eigenvalue weighted by Crippen LogP contribution is 2.16. The average Bonchev–Trinajstić information content (AvgIpc) is 3.24. The smallest absolute Gasteiger partial charge is 0.233 e. The summed E-state index contributed by atoms with van der Waals surface area (Å²) in [7, 11) is 2.10. The zero-order valence-corrected chi connectivity index (χ0v) is 14.0. The molecule has 0 amide bonds. The Morgan fingerprint density at radius 3 is 2.71 bits per heavy atom. The Balaban J connectivity index is 1.50. The lowest BCUT2D eigenvalue weighted by atomic mass is 10.2. The third-order valence-electron chi connectivity index (χ3n) is 3.80. The fourth-order valence-electron chi connectivity index (χ4n) is 2.73. The van der Waals surface area contributed by atoms with Crippen LogP contribution in [-0.2, 0) is 13.1 Å². The number of hydrogen-bond acceptors (Lipinski definition) is 6. The molecular formula is C17H16N6S. The summed E-state index contributed by atoms with van der Waals surface area (Å²) < 4.78 is 10.6. The summed E-state index contributed by atoms with van der Waals surface area (Å²) >= 11 is 1.25. The SMILES string of the molecule is CN(Cc1ccc2nsnc2c1)Cc1cccn1-c1ncccn1. The Kier molecular flexibility index (Phi) is 4.02. The van der Waals surface area contributed by atoms with Crippen molar-refractivity contribution in [1.29, 1.82) is 0 Å². The predicted molar refractivity (Wildman–Crippen MR) is 93.9 cm³/mol. The molecule has 3 aromatic heterocycles. The highest BCUT2D eigenvalue weighted by molar-refractivity contribution is 7.00. The molecule has 0 aliphatic heterocycles. The van der Waals surface area contributed by atoms with Gasteiger partial charge in [0.25, 0.3) is 0 Å². The van der Waals surface area contributed by atoms with Crippen LogP contribution in [0.1, 0.15) is 11.3 Å². The van der Waals surface area contributed by atoms with Gasteiger partial charge in [-0.2, -0.15) is 8.75 Å². The molecule has 0 radical (unpaired) electrons. The van der Waals surface area contributed by atoms with E-state index in [1.165, 1.54) is 17.3 Å². The molecule has 0 bridgehead atoms. The number of hydrogen-bond donors (Lipinski definition) is 0. The molecule has 0 saturated heterocycles. The normalized spacial score (nSPS) is 11.4. The molecule has 7 heteroatoms. The van der Waals surface area contributed by atoms with E-state index in [0.29, 0.717) is 5.95 Å². The molecule has 4 rings (SSSR count). The van der Waals surface area contributed by atoms with Crippen LogP contribution in [0.2, 0.25) is 0 Å². The lowest BCUT2D eigenvalue weighted by Gasteiger charge is -2.17. The minimum Gasteiger partial charge on any atom is -0.296 e. The standard InChI is InChI=1S/C17H16N6S/c1-22(11-13-5-6-15-16(10-13)21-24-20-15)12-14-4-2-9-23(14)17-18-7-3-8-19-17/h2-10H,11-12H2,1H3. The number of fused-ring (bicyclic) bond motifs is 1. The van der Waals surface area contributed by atoms with Crippen molar-refractivity contribution < 1.29 is 0 Å². The average molecular weight is 336 g/mol. The molecule has 24 heavy (non-hydrogen) atoms. The first kappa shape index (κ1) is 14.9. The molecule has 0 aliphatic rings. The van der Waals surface area contributed by atoms with E-state index < -0.39 is 0 Å². The molecule has 120 valence electrons. The summed E-state index contributed by atoms with van der Waals surface area (Å²) in [6, 6.07) is 12.2. The second-order valence-electron chi connectivity index (χ2n) is 5.68. The van der Waals surface area contributed by atoms with Crippen molar-refractivity contribution in [1.82, 2.24) is 28.2 Å². The van der Waals surface area contributed by atoms with Crippen molar-refractivity contribution in [3.05, 3.63) is 66.2 Å². The van der Waals surface area contributed by atoms with Gasteiger partial charge in [0, 0.05) is 37.4 Å². The van der Waals surface area contributed by atoms with Gasteiger partial charge < -0.3 is 0 Å². The van der Waals surface area contributed by atoms with Crippen LogP contribution in [0, 0.1) is 0 Å². The van der Waals surface area contributed by atoms with E-state index >= 15 is 0 Å². The van der Waals surface area contributed by atoms with Gasteiger partial charge >= 0.3 is 0 Å². The van der Waals surface area contributed by atoms with Gasteiger partial charge in [-0.05, 0) is 42.9 Å². The zero-order chi connectivity index (χ0) is 16.4. The topological polar surface area (TPSA) is 59.7 Å². The molecule has 0 atom stereocenters. The predicted octanol–water partition coefficient (Wildman–Crippen LogP) is 2.90. The molecule has 0 aliphatic carbocycles. The van der Waals surface area contributed by atoms with E-state index in [-0.39, 0.29) is 0 Å². The number of benzene rings is 1. The van der Waals surface area contributed by atoms with Crippen LogP contribution < -0.4 is 0 Å². The first-order valence-corrected chi connectivity index (χ1v) is 8.36. The van der Waals surface area contributed by atoms with E-state index in [1.54, 1.807) is 12.4 Å². The van der Waals surface area contributed by atoms with Gasteiger partial charge in [0.15, 0.2) is 0 Å². The van der Waals surface area contributed by atoms with Crippen LogP contribution >= 0.6 is 11.7 Å². The number of rotatable bonds is 5. The molecule has 0 unspecified atom stereocenters. The summed E-state index contributed by atoms with van der Waals surface area (Å²) in [5.74, 6) is 0.695. The van der Waals surface area contributed by atoms with Crippen molar-refractivity contribution in [2.24, 2.45) is 0 Å². The van der Waals surface area contributed by atoms with Gasteiger partial charge in [-0.1, -0.05) is 6.07 Å². The van der Waals surface area contributed by atoms with Crippen LogP contribution in [0.3, 0.4) is 0 Å².